The highest BCUT2D eigenvalue weighted by molar-refractivity contribution is 6.20. The van der Waals surface area contributed by atoms with E-state index in [1.165, 1.54) is 6.92 Å². The molecule has 0 atom stereocenters. The lowest BCUT2D eigenvalue weighted by Gasteiger charge is -2.12. The molecular formula is C14H15NO4. The largest absolute Gasteiger partial charge is 0.300 e. The predicted octanol–water partition coefficient (Wildman–Crippen LogP) is 1.97. The van der Waals surface area contributed by atoms with Gasteiger partial charge in [0.05, 0.1) is 17.7 Å². The summed E-state index contributed by atoms with van der Waals surface area (Å²) in [6.45, 7) is 1.78. The van der Waals surface area contributed by atoms with Crippen LogP contribution in [0.25, 0.3) is 0 Å². The molecule has 0 radical (unpaired) electrons. The number of rotatable bonds is 6. The van der Waals surface area contributed by atoms with Gasteiger partial charge in [0.15, 0.2) is 0 Å². The number of Topliss-reactive ketones (excluding diaryl/α,β-unsaturated/α-hetero) is 1. The van der Waals surface area contributed by atoms with Crippen LogP contribution in [0.4, 0.5) is 0 Å². The number of hydroxylamine groups is 2. The summed E-state index contributed by atoms with van der Waals surface area (Å²) in [5.41, 5.74) is 0.743. The number of benzene rings is 1. The molecule has 0 unspecified atom stereocenters. The second-order valence-electron chi connectivity index (χ2n) is 4.44. The van der Waals surface area contributed by atoms with Gasteiger partial charge in [0.2, 0.25) is 0 Å². The summed E-state index contributed by atoms with van der Waals surface area (Å²) in [4.78, 5) is 39.8. The highest BCUT2D eigenvalue weighted by Gasteiger charge is 2.36. The molecule has 0 saturated heterocycles. The van der Waals surface area contributed by atoms with Crippen LogP contribution in [-0.4, -0.2) is 29.3 Å². The molecule has 0 N–H and O–H groups in total. The van der Waals surface area contributed by atoms with Crippen LogP contribution in [0.2, 0.25) is 0 Å². The topological polar surface area (TPSA) is 63.7 Å². The van der Waals surface area contributed by atoms with Crippen LogP contribution < -0.4 is 0 Å². The summed E-state index contributed by atoms with van der Waals surface area (Å²) >= 11 is 0. The number of imide groups is 1. The van der Waals surface area contributed by atoms with Crippen molar-refractivity contribution in [2.24, 2.45) is 0 Å². The maximum absolute atomic E-state index is 11.9. The first-order valence-corrected chi connectivity index (χ1v) is 6.21. The Morgan fingerprint density at radius 1 is 1.11 bits per heavy atom. The van der Waals surface area contributed by atoms with Crippen LogP contribution in [-0.2, 0) is 9.63 Å². The first kappa shape index (κ1) is 13.4. The van der Waals surface area contributed by atoms with Crippen LogP contribution in [0.1, 0.15) is 46.9 Å². The highest BCUT2D eigenvalue weighted by atomic mass is 16.7. The second kappa shape index (κ2) is 5.75. The minimum atomic E-state index is -0.424. The maximum Gasteiger partial charge on any atom is 0.285 e. The van der Waals surface area contributed by atoms with Crippen molar-refractivity contribution in [2.75, 3.05) is 6.61 Å². The number of fused-ring (bicyclic) bond motifs is 1. The number of carbonyl (C=O) groups excluding carboxylic acids is 3. The molecule has 0 bridgehead atoms. The SMILES string of the molecule is CC(=O)CCCCON1C(=O)c2ccccc2C1=O. The van der Waals surface area contributed by atoms with Gasteiger partial charge >= 0.3 is 0 Å². The Morgan fingerprint density at radius 3 is 2.21 bits per heavy atom. The van der Waals surface area contributed by atoms with E-state index in [4.69, 9.17) is 4.84 Å². The zero-order valence-electron chi connectivity index (χ0n) is 10.7. The van der Waals surface area contributed by atoms with Crippen LogP contribution >= 0.6 is 0 Å². The first-order valence-electron chi connectivity index (χ1n) is 6.21. The quantitative estimate of drug-likeness (QED) is 0.580. The molecule has 5 nitrogen and oxygen atoms in total. The van der Waals surface area contributed by atoms with Gasteiger partial charge in [0.25, 0.3) is 11.8 Å². The monoisotopic (exact) mass is 261 g/mol. The molecule has 1 aliphatic heterocycles. The molecule has 2 rings (SSSR count). The lowest BCUT2D eigenvalue weighted by atomic mass is 10.1. The third kappa shape index (κ3) is 2.88. The van der Waals surface area contributed by atoms with Crippen molar-refractivity contribution in [3.63, 3.8) is 0 Å². The molecule has 100 valence electrons. The molecule has 1 aromatic carbocycles. The molecular weight excluding hydrogens is 246 g/mol. The van der Waals surface area contributed by atoms with E-state index in [0.29, 0.717) is 30.4 Å². The van der Waals surface area contributed by atoms with E-state index < -0.39 is 11.8 Å². The van der Waals surface area contributed by atoms with E-state index in [1.54, 1.807) is 24.3 Å². The van der Waals surface area contributed by atoms with E-state index in [2.05, 4.69) is 0 Å². The molecule has 0 saturated carbocycles. The maximum atomic E-state index is 11.9. The number of unbranched alkanes of at least 4 members (excludes halogenated alkanes) is 1. The fourth-order valence-electron chi connectivity index (χ4n) is 1.92. The number of hydrogen-bond acceptors (Lipinski definition) is 4. The standard InChI is InChI=1S/C14H15NO4/c1-10(16)6-4-5-9-19-15-13(17)11-7-2-3-8-12(11)14(15)18/h2-3,7-8H,4-6,9H2,1H3. The Balaban J connectivity index is 1.88. The Hall–Kier alpha value is -2.01. The third-order valence-electron chi connectivity index (χ3n) is 2.90. The third-order valence-corrected chi connectivity index (χ3v) is 2.90. The average Bonchev–Trinajstić information content (AvgIpc) is 2.63. The summed E-state index contributed by atoms with van der Waals surface area (Å²) in [5.74, 6) is -0.722. The van der Waals surface area contributed by atoms with Gasteiger partial charge in [-0.3, -0.25) is 14.4 Å². The van der Waals surface area contributed by atoms with Gasteiger partial charge < -0.3 is 4.79 Å². The van der Waals surface area contributed by atoms with E-state index in [1.807, 2.05) is 0 Å². The first-order chi connectivity index (χ1) is 9.11. The van der Waals surface area contributed by atoms with Crippen molar-refractivity contribution in [2.45, 2.75) is 26.2 Å². The van der Waals surface area contributed by atoms with Crippen molar-refractivity contribution < 1.29 is 19.2 Å². The van der Waals surface area contributed by atoms with Gasteiger partial charge in [0, 0.05) is 6.42 Å². The minimum Gasteiger partial charge on any atom is -0.300 e. The summed E-state index contributed by atoms with van der Waals surface area (Å²) in [5, 5.41) is 0.804. The Morgan fingerprint density at radius 2 is 1.68 bits per heavy atom. The molecule has 2 amide bonds. The molecule has 1 heterocycles. The zero-order valence-corrected chi connectivity index (χ0v) is 10.7. The fraction of sp³-hybridized carbons (Fsp3) is 0.357. The number of carbonyl (C=O) groups is 3. The molecule has 1 aliphatic rings. The minimum absolute atomic E-state index is 0.126. The van der Waals surface area contributed by atoms with Gasteiger partial charge in [-0.2, -0.15) is 0 Å². The number of amides is 2. The lowest BCUT2D eigenvalue weighted by molar-refractivity contribution is -0.117. The normalized spacial score (nSPS) is 13.8. The van der Waals surface area contributed by atoms with Gasteiger partial charge in [-0.25, -0.2) is 0 Å². The van der Waals surface area contributed by atoms with Crippen LogP contribution in [0.5, 0.6) is 0 Å². The molecule has 0 spiro atoms. The molecule has 1 aromatic rings. The summed E-state index contributed by atoms with van der Waals surface area (Å²) in [6, 6.07) is 6.63. The van der Waals surface area contributed by atoms with Crippen molar-refractivity contribution in [3.8, 4) is 0 Å². The van der Waals surface area contributed by atoms with Gasteiger partial charge in [-0.05, 0) is 31.9 Å². The number of ketones is 1. The van der Waals surface area contributed by atoms with Gasteiger partial charge in [-0.15, -0.1) is 5.06 Å². The fourth-order valence-corrected chi connectivity index (χ4v) is 1.92. The van der Waals surface area contributed by atoms with Crippen LogP contribution in [0, 0.1) is 0 Å². The Bertz CT molecular complexity index is 489. The smallest absolute Gasteiger partial charge is 0.285 e. The van der Waals surface area contributed by atoms with Crippen molar-refractivity contribution >= 4 is 17.6 Å². The molecule has 5 heteroatoms. The van der Waals surface area contributed by atoms with Crippen LogP contribution in [0.15, 0.2) is 24.3 Å². The average molecular weight is 261 g/mol. The highest BCUT2D eigenvalue weighted by Crippen LogP contribution is 2.22. The van der Waals surface area contributed by atoms with Crippen molar-refractivity contribution in [1.29, 1.82) is 0 Å². The Labute approximate surface area is 111 Å². The van der Waals surface area contributed by atoms with Crippen molar-refractivity contribution in [3.05, 3.63) is 35.4 Å². The summed E-state index contributed by atoms with van der Waals surface area (Å²) < 4.78 is 0. The number of nitrogens with zero attached hydrogens (tertiary/aromatic N) is 1. The number of hydrogen-bond donors (Lipinski definition) is 0. The zero-order chi connectivity index (χ0) is 13.8. The second-order valence-corrected chi connectivity index (χ2v) is 4.44. The van der Waals surface area contributed by atoms with Crippen molar-refractivity contribution in [1.82, 2.24) is 5.06 Å². The Kier molecular flexibility index (Phi) is 4.06. The molecule has 0 aliphatic carbocycles. The summed E-state index contributed by atoms with van der Waals surface area (Å²) in [6.07, 6.45) is 1.82. The van der Waals surface area contributed by atoms with E-state index in [0.717, 1.165) is 5.06 Å². The lowest BCUT2D eigenvalue weighted by Crippen LogP contribution is -2.30. The van der Waals surface area contributed by atoms with Crippen LogP contribution in [0.3, 0.4) is 0 Å². The molecule has 0 aromatic heterocycles. The van der Waals surface area contributed by atoms with E-state index >= 15 is 0 Å². The molecule has 19 heavy (non-hydrogen) atoms. The van der Waals surface area contributed by atoms with Gasteiger partial charge in [0.1, 0.15) is 5.78 Å². The van der Waals surface area contributed by atoms with E-state index in [9.17, 15) is 14.4 Å². The molecule has 0 fully saturated rings. The summed E-state index contributed by atoms with van der Waals surface area (Å²) in [7, 11) is 0. The van der Waals surface area contributed by atoms with Gasteiger partial charge in [-0.1, -0.05) is 12.1 Å². The predicted molar refractivity (Wildman–Crippen MR) is 67.4 cm³/mol. The van der Waals surface area contributed by atoms with E-state index in [-0.39, 0.29) is 12.4 Å².